The molecule has 1 atom stereocenters. The normalized spacial score (nSPS) is 21.5. The van der Waals surface area contributed by atoms with Crippen molar-refractivity contribution in [3.63, 3.8) is 0 Å². The molecule has 1 aromatic carbocycles. The van der Waals surface area contributed by atoms with E-state index >= 15 is 0 Å². The van der Waals surface area contributed by atoms with Crippen LogP contribution in [0, 0.1) is 11.7 Å². The van der Waals surface area contributed by atoms with Gasteiger partial charge >= 0.3 is 0 Å². The second kappa shape index (κ2) is 7.47. The lowest BCUT2D eigenvalue weighted by molar-refractivity contribution is 0.0813. The van der Waals surface area contributed by atoms with Gasteiger partial charge in [-0.05, 0) is 30.9 Å². The summed E-state index contributed by atoms with van der Waals surface area (Å²) in [6.45, 7) is 3.76. The van der Waals surface area contributed by atoms with Crippen molar-refractivity contribution in [2.45, 2.75) is 25.3 Å². The number of hydrogen-bond acceptors (Lipinski definition) is 2. The summed E-state index contributed by atoms with van der Waals surface area (Å²) in [5, 5.41) is 4.18. The fourth-order valence-electron chi connectivity index (χ4n) is 3.25. The first kappa shape index (κ1) is 17.3. The van der Waals surface area contributed by atoms with Crippen LogP contribution in [0.1, 0.15) is 30.9 Å². The van der Waals surface area contributed by atoms with E-state index in [-0.39, 0.29) is 24.3 Å². The van der Waals surface area contributed by atoms with Crippen LogP contribution in [0.4, 0.5) is 4.39 Å². The van der Waals surface area contributed by atoms with E-state index in [4.69, 9.17) is 23.2 Å². The maximum atomic E-state index is 14.4. The quantitative estimate of drug-likeness (QED) is 0.815. The molecule has 1 N–H and O–H groups in total. The minimum atomic E-state index is -0.227. The van der Waals surface area contributed by atoms with Crippen molar-refractivity contribution in [1.29, 1.82) is 0 Å². The second-order valence-corrected chi connectivity index (χ2v) is 6.46. The van der Waals surface area contributed by atoms with Gasteiger partial charge in [0.15, 0.2) is 0 Å². The van der Waals surface area contributed by atoms with E-state index in [0.717, 1.165) is 39.0 Å². The van der Waals surface area contributed by atoms with E-state index in [1.807, 2.05) is 0 Å². The van der Waals surface area contributed by atoms with E-state index in [2.05, 4.69) is 10.2 Å². The number of nitrogens with zero attached hydrogens (tertiary/aromatic N) is 1. The highest BCUT2D eigenvalue weighted by molar-refractivity contribution is 6.42. The molecule has 1 aliphatic carbocycles. The Morgan fingerprint density at radius 1 is 1.19 bits per heavy atom. The van der Waals surface area contributed by atoms with Crippen molar-refractivity contribution in [2.75, 3.05) is 26.2 Å². The summed E-state index contributed by atoms with van der Waals surface area (Å²) in [5.41, 5.74) is 0.603. The fourth-order valence-corrected chi connectivity index (χ4v) is 3.68. The molecule has 1 heterocycles. The van der Waals surface area contributed by atoms with Gasteiger partial charge in [0.05, 0.1) is 10.0 Å². The Kier molecular flexibility index (Phi) is 6.15. The number of piperazine rings is 1. The Balaban J connectivity index is 0.00000161. The molecule has 1 saturated carbocycles. The Hall–Kier alpha value is -0.0600. The first-order valence-corrected chi connectivity index (χ1v) is 8.02. The van der Waals surface area contributed by atoms with Crippen LogP contribution in [-0.2, 0) is 0 Å². The van der Waals surface area contributed by atoms with Gasteiger partial charge in [-0.25, -0.2) is 4.39 Å². The fraction of sp³-hybridized carbons (Fsp3) is 0.600. The molecular formula is C15H20Cl3FN2. The lowest BCUT2D eigenvalue weighted by Gasteiger charge is -2.43. The summed E-state index contributed by atoms with van der Waals surface area (Å²) in [6.07, 6.45) is 3.53. The molecule has 3 rings (SSSR count). The van der Waals surface area contributed by atoms with Gasteiger partial charge in [-0.2, -0.15) is 0 Å². The van der Waals surface area contributed by atoms with Crippen LogP contribution in [0.25, 0.3) is 0 Å². The highest BCUT2D eigenvalue weighted by Gasteiger charge is 2.36. The monoisotopic (exact) mass is 352 g/mol. The van der Waals surface area contributed by atoms with Crippen molar-refractivity contribution in [3.05, 3.63) is 33.6 Å². The molecule has 0 radical (unpaired) electrons. The van der Waals surface area contributed by atoms with Crippen LogP contribution in [0.15, 0.2) is 12.1 Å². The van der Waals surface area contributed by atoms with Crippen molar-refractivity contribution < 1.29 is 4.39 Å². The third-order valence-corrected chi connectivity index (χ3v) is 5.34. The molecule has 1 aliphatic heterocycles. The summed E-state index contributed by atoms with van der Waals surface area (Å²) < 4.78 is 14.4. The van der Waals surface area contributed by atoms with E-state index < -0.39 is 0 Å². The van der Waals surface area contributed by atoms with Crippen LogP contribution >= 0.6 is 35.6 Å². The maximum Gasteiger partial charge on any atom is 0.129 e. The topological polar surface area (TPSA) is 15.3 Å². The van der Waals surface area contributed by atoms with Gasteiger partial charge in [0.1, 0.15) is 5.82 Å². The molecule has 0 bridgehead atoms. The highest BCUT2D eigenvalue weighted by Crippen LogP contribution is 2.45. The molecule has 21 heavy (non-hydrogen) atoms. The Morgan fingerprint density at radius 2 is 1.86 bits per heavy atom. The minimum absolute atomic E-state index is 0. The molecule has 1 saturated heterocycles. The van der Waals surface area contributed by atoms with Gasteiger partial charge in [-0.3, -0.25) is 4.90 Å². The summed E-state index contributed by atoms with van der Waals surface area (Å²) in [4.78, 5) is 2.36. The van der Waals surface area contributed by atoms with E-state index in [1.54, 1.807) is 0 Å². The SMILES string of the molecule is Cl.Fc1ccc(Cl)c(Cl)c1[C@H](C1CCC1)N1CCNCC1. The van der Waals surface area contributed by atoms with Crippen LogP contribution in [0.3, 0.4) is 0 Å². The minimum Gasteiger partial charge on any atom is -0.314 e. The van der Waals surface area contributed by atoms with Gasteiger partial charge in [-0.1, -0.05) is 29.6 Å². The largest absolute Gasteiger partial charge is 0.314 e. The molecule has 6 heteroatoms. The molecule has 0 spiro atoms. The van der Waals surface area contributed by atoms with Gasteiger partial charge in [0.2, 0.25) is 0 Å². The second-order valence-electron chi connectivity index (χ2n) is 5.68. The van der Waals surface area contributed by atoms with Crippen LogP contribution < -0.4 is 5.32 Å². The molecule has 0 aromatic heterocycles. The molecule has 2 nitrogen and oxygen atoms in total. The van der Waals surface area contributed by atoms with Crippen molar-refractivity contribution in [1.82, 2.24) is 10.2 Å². The summed E-state index contributed by atoms with van der Waals surface area (Å²) in [6, 6.07) is 3.05. The molecule has 1 aromatic rings. The predicted molar refractivity (Wildman–Crippen MR) is 88.2 cm³/mol. The Morgan fingerprint density at radius 3 is 2.43 bits per heavy atom. The summed E-state index contributed by atoms with van der Waals surface area (Å²) in [7, 11) is 0. The van der Waals surface area contributed by atoms with E-state index in [1.165, 1.54) is 18.6 Å². The Labute approximate surface area is 141 Å². The molecule has 118 valence electrons. The lowest BCUT2D eigenvalue weighted by Crippen LogP contribution is -2.48. The summed E-state index contributed by atoms with van der Waals surface area (Å²) in [5.74, 6) is 0.272. The van der Waals surface area contributed by atoms with Crippen molar-refractivity contribution in [3.8, 4) is 0 Å². The molecular weight excluding hydrogens is 334 g/mol. The first-order chi connectivity index (χ1) is 9.68. The average Bonchev–Trinajstić information content (AvgIpc) is 2.41. The standard InChI is InChI=1S/C15H19Cl2FN2.ClH/c16-11-4-5-12(18)13(14(11)17)15(10-2-1-3-10)20-8-6-19-7-9-20;/h4-5,10,15,19H,1-3,6-9H2;1H/t15-;/m0./s1. The number of halogens is 4. The number of rotatable bonds is 3. The Bertz CT molecular complexity index is 488. The zero-order valence-corrected chi connectivity index (χ0v) is 14.1. The third-order valence-electron chi connectivity index (χ3n) is 4.52. The van der Waals surface area contributed by atoms with E-state index in [9.17, 15) is 4.39 Å². The zero-order valence-electron chi connectivity index (χ0n) is 11.7. The molecule has 0 amide bonds. The van der Waals surface area contributed by atoms with Crippen LogP contribution in [0.5, 0.6) is 0 Å². The van der Waals surface area contributed by atoms with Gasteiger partial charge in [0.25, 0.3) is 0 Å². The van der Waals surface area contributed by atoms with Crippen LogP contribution in [-0.4, -0.2) is 31.1 Å². The van der Waals surface area contributed by atoms with Gasteiger partial charge in [0, 0.05) is 37.8 Å². The zero-order chi connectivity index (χ0) is 14.1. The molecule has 2 aliphatic rings. The number of hydrogen-bond donors (Lipinski definition) is 1. The first-order valence-electron chi connectivity index (χ1n) is 7.26. The summed E-state index contributed by atoms with van der Waals surface area (Å²) >= 11 is 12.4. The predicted octanol–water partition coefficient (Wildman–Crippen LogP) is 4.30. The van der Waals surface area contributed by atoms with E-state index in [0.29, 0.717) is 21.5 Å². The number of nitrogens with one attached hydrogen (secondary N) is 1. The van der Waals surface area contributed by atoms with Crippen LogP contribution in [0.2, 0.25) is 10.0 Å². The molecule has 0 unspecified atom stereocenters. The van der Waals surface area contributed by atoms with Gasteiger partial charge < -0.3 is 5.32 Å². The third kappa shape index (κ3) is 3.48. The lowest BCUT2D eigenvalue weighted by atomic mass is 9.76. The van der Waals surface area contributed by atoms with Crippen molar-refractivity contribution in [2.24, 2.45) is 5.92 Å². The average molecular weight is 354 g/mol. The van der Waals surface area contributed by atoms with Crippen molar-refractivity contribution >= 4 is 35.6 Å². The van der Waals surface area contributed by atoms with Gasteiger partial charge in [-0.15, -0.1) is 12.4 Å². The highest BCUT2D eigenvalue weighted by atomic mass is 35.5. The smallest absolute Gasteiger partial charge is 0.129 e. The maximum absolute atomic E-state index is 14.4. The molecule has 2 fully saturated rings. The number of benzene rings is 1.